The van der Waals surface area contributed by atoms with Gasteiger partial charge in [-0.2, -0.15) is 0 Å². The molecule has 0 saturated carbocycles. The van der Waals surface area contributed by atoms with E-state index in [2.05, 4.69) is 10.3 Å². The Morgan fingerprint density at radius 1 is 0.971 bits per heavy atom. The number of anilines is 1. The van der Waals surface area contributed by atoms with E-state index in [0.717, 1.165) is 27.7 Å². The molecule has 3 heterocycles. The van der Waals surface area contributed by atoms with Crippen LogP contribution < -0.4 is 10.2 Å². The summed E-state index contributed by atoms with van der Waals surface area (Å²) in [6.45, 7) is 2.70. The van der Waals surface area contributed by atoms with Crippen LogP contribution in [0.3, 0.4) is 0 Å². The molecule has 1 fully saturated rings. The van der Waals surface area contributed by atoms with E-state index in [9.17, 15) is 14.4 Å². The van der Waals surface area contributed by atoms with Crippen LogP contribution in [-0.4, -0.2) is 34.3 Å². The third-order valence-electron chi connectivity index (χ3n) is 7.15. The zero-order chi connectivity index (χ0) is 24.2. The zero-order valence-corrected chi connectivity index (χ0v) is 19.2. The molecule has 35 heavy (non-hydrogen) atoms. The summed E-state index contributed by atoms with van der Waals surface area (Å²) in [5, 5.41) is 3.98. The van der Waals surface area contributed by atoms with E-state index in [4.69, 9.17) is 0 Å². The summed E-state index contributed by atoms with van der Waals surface area (Å²) in [6.07, 6.45) is 0.683. The second kappa shape index (κ2) is 7.84. The summed E-state index contributed by atoms with van der Waals surface area (Å²) >= 11 is 0. The summed E-state index contributed by atoms with van der Waals surface area (Å²) in [7, 11) is 0. The molecule has 0 spiro atoms. The van der Waals surface area contributed by atoms with Crippen molar-refractivity contribution in [2.24, 2.45) is 0 Å². The first kappa shape index (κ1) is 21.2. The number of fused-ring (bicyclic) bond motifs is 5. The average Bonchev–Trinajstić information content (AvgIpc) is 3.37. The van der Waals surface area contributed by atoms with E-state index in [0.29, 0.717) is 30.8 Å². The predicted molar refractivity (Wildman–Crippen MR) is 133 cm³/mol. The minimum atomic E-state index is -1.10. The van der Waals surface area contributed by atoms with E-state index in [1.807, 2.05) is 61.5 Å². The van der Waals surface area contributed by atoms with Crippen molar-refractivity contribution < 1.29 is 14.4 Å². The van der Waals surface area contributed by atoms with Crippen LogP contribution in [0.2, 0.25) is 0 Å². The molecule has 4 aromatic rings. The standard InChI is InChI=1S/C28H24N4O3/c1-28-24-22(21-9-5-6-10-23(21)30-24)15-16-31(28)27(35)32(26(28)34)20-13-11-19(12-14-20)25(33)29-17-18-7-3-2-4-8-18/h2-14,30H,15-17H2,1H3,(H,29,33)/t28-/m0/s1. The summed E-state index contributed by atoms with van der Waals surface area (Å²) in [5.41, 5.74) is 3.65. The lowest BCUT2D eigenvalue weighted by Crippen LogP contribution is -2.49. The average molecular weight is 465 g/mol. The highest BCUT2D eigenvalue weighted by molar-refractivity contribution is 6.23. The number of aromatic amines is 1. The van der Waals surface area contributed by atoms with Crippen LogP contribution in [0, 0.1) is 0 Å². The first-order valence-electron chi connectivity index (χ1n) is 11.7. The number of benzene rings is 3. The summed E-state index contributed by atoms with van der Waals surface area (Å²) < 4.78 is 0. The molecule has 7 heteroatoms. The van der Waals surface area contributed by atoms with E-state index < -0.39 is 5.54 Å². The van der Waals surface area contributed by atoms with Gasteiger partial charge in [0.05, 0.1) is 11.4 Å². The molecule has 1 saturated heterocycles. The molecular weight excluding hydrogens is 440 g/mol. The monoisotopic (exact) mass is 464 g/mol. The van der Waals surface area contributed by atoms with Gasteiger partial charge < -0.3 is 15.2 Å². The quantitative estimate of drug-likeness (QED) is 0.441. The Balaban J connectivity index is 1.27. The molecule has 4 amide bonds. The molecule has 3 aromatic carbocycles. The molecule has 0 aliphatic carbocycles. The van der Waals surface area contributed by atoms with Crippen LogP contribution in [0.15, 0.2) is 78.9 Å². The van der Waals surface area contributed by atoms with Gasteiger partial charge in [0, 0.05) is 29.6 Å². The van der Waals surface area contributed by atoms with Crippen molar-refractivity contribution in [1.29, 1.82) is 0 Å². The molecule has 1 atom stereocenters. The van der Waals surface area contributed by atoms with Crippen LogP contribution in [0.25, 0.3) is 10.9 Å². The molecule has 2 N–H and O–H groups in total. The van der Waals surface area contributed by atoms with Gasteiger partial charge in [0.25, 0.3) is 11.8 Å². The number of urea groups is 1. The second-order valence-electron chi connectivity index (χ2n) is 9.14. The van der Waals surface area contributed by atoms with Crippen molar-refractivity contribution in [2.75, 3.05) is 11.4 Å². The lowest BCUT2D eigenvalue weighted by molar-refractivity contribution is -0.125. The Labute approximate surface area is 202 Å². The third-order valence-corrected chi connectivity index (χ3v) is 7.15. The minimum Gasteiger partial charge on any atom is -0.356 e. The summed E-state index contributed by atoms with van der Waals surface area (Å²) in [6, 6.07) is 23.9. The van der Waals surface area contributed by atoms with Gasteiger partial charge in [-0.3, -0.25) is 9.59 Å². The van der Waals surface area contributed by atoms with Gasteiger partial charge in [-0.25, -0.2) is 9.69 Å². The van der Waals surface area contributed by atoms with Gasteiger partial charge in [0.1, 0.15) is 0 Å². The summed E-state index contributed by atoms with van der Waals surface area (Å²) in [5.74, 6) is -0.511. The predicted octanol–water partition coefficient (Wildman–Crippen LogP) is 4.34. The maximum Gasteiger partial charge on any atom is 0.332 e. The fourth-order valence-corrected chi connectivity index (χ4v) is 5.26. The molecule has 2 aliphatic heterocycles. The van der Waals surface area contributed by atoms with E-state index in [1.54, 1.807) is 29.2 Å². The number of aromatic nitrogens is 1. The van der Waals surface area contributed by atoms with Gasteiger partial charge in [-0.1, -0.05) is 48.5 Å². The van der Waals surface area contributed by atoms with Crippen LogP contribution >= 0.6 is 0 Å². The minimum absolute atomic E-state index is 0.216. The Kier molecular flexibility index (Phi) is 4.74. The normalized spacial score (nSPS) is 19.1. The fourth-order valence-electron chi connectivity index (χ4n) is 5.26. The van der Waals surface area contributed by atoms with Crippen molar-refractivity contribution in [3.8, 4) is 0 Å². The molecular formula is C28H24N4O3. The number of hydrogen-bond acceptors (Lipinski definition) is 3. The van der Waals surface area contributed by atoms with Crippen LogP contribution in [0.4, 0.5) is 10.5 Å². The number of hydrogen-bond donors (Lipinski definition) is 2. The highest BCUT2D eigenvalue weighted by Crippen LogP contribution is 2.45. The number of nitrogens with zero attached hydrogens (tertiary/aromatic N) is 2. The van der Waals surface area contributed by atoms with Crippen molar-refractivity contribution in [3.05, 3.63) is 101 Å². The molecule has 7 nitrogen and oxygen atoms in total. The maximum atomic E-state index is 13.8. The molecule has 0 unspecified atom stereocenters. The number of carbonyl (C=O) groups is 3. The van der Waals surface area contributed by atoms with Crippen LogP contribution in [0.1, 0.15) is 34.1 Å². The van der Waals surface area contributed by atoms with Gasteiger partial charge in [-0.05, 0) is 54.8 Å². The molecule has 174 valence electrons. The van der Waals surface area contributed by atoms with Crippen molar-refractivity contribution >= 4 is 34.4 Å². The molecule has 0 radical (unpaired) electrons. The highest BCUT2D eigenvalue weighted by Gasteiger charge is 2.58. The van der Waals surface area contributed by atoms with Gasteiger partial charge in [-0.15, -0.1) is 0 Å². The van der Waals surface area contributed by atoms with Gasteiger partial charge >= 0.3 is 6.03 Å². The summed E-state index contributed by atoms with van der Waals surface area (Å²) in [4.78, 5) is 46.0. The van der Waals surface area contributed by atoms with Gasteiger partial charge in [0.2, 0.25) is 0 Å². The largest absolute Gasteiger partial charge is 0.356 e. The van der Waals surface area contributed by atoms with Gasteiger partial charge in [0.15, 0.2) is 5.54 Å². The lowest BCUT2D eigenvalue weighted by Gasteiger charge is -2.35. The Bertz CT molecular complexity index is 1480. The number of para-hydroxylation sites is 1. The Morgan fingerprint density at radius 3 is 2.46 bits per heavy atom. The number of H-pyrrole nitrogens is 1. The second-order valence-corrected chi connectivity index (χ2v) is 9.14. The third kappa shape index (κ3) is 3.15. The number of imide groups is 1. The maximum absolute atomic E-state index is 13.8. The van der Waals surface area contributed by atoms with E-state index >= 15 is 0 Å². The number of nitrogens with one attached hydrogen (secondary N) is 2. The number of rotatable bonds is 4. The molecule has 6 rings (SSSR count). The fraction of sp³-hybridized carbons (Fsp3) is 0.179. The zero-order valence-electron chi connectivity index (χ0n) is 19.2. The van der Waals surface area contributed by atoms with Crippen molar-refractivity contribution in [2.45, 2.75) is 25.4 Å². The first-order chi connectivity index (χ1) is 17.0. The van der Waals surface area contributed by atoms with E-state index in [-0.39, 0.29) is 17.8 Å². The van der Waals surface area contributed by atoms with Crippen molar-refractivity contribution in [3.63, 3.8) is 0 Å². The SMILES string of the molecule is C[C@]12C(=O)N(c3ccc(C(=O)NCc4ccccc4)cc3)C(=O)N1CCc1c2[nH]c2ccccc12. The molecule has 0 bridgehead atoms. The van der Waals surface area contributed by atoms with Crippen LogP contribution in [-0.2, 0) is 23.3 Å². The highest BCUT2D eigenvalue weighted by atomic mass is 16.2. The molecule has 2 aliphatic rings. The van der Waals surface area contributed by atoms with Crippen LogP contribution in [0.5, 0.6) is 0 Å². The number of amides is 4. The Morgan fingerprint density at radius 2 is 1.69 bits per heavy atom. The lowest BCUT2D eigenvalue weighted by atomic mass is 9.87. The van der Waals surface area contributed by atoms with Crippen molar-refractivity contribution in [1.82, 2.24) is 15.2 Å². The van der Waals surface area contributed by atoms with E-state index in [1.165, 1.54) is 4.90 Å². The topological polar surface area (TPSA) is 85.5 Å². The molecule has 1 aromatic heterocycles. The number of carbonyl (C=O) groups excluding carboxylic acids is 3. The first-order valence-corrected chi connectivity index (χ1v) is 11.7. The Hall–Kier alpha value is -4.39. The smallest absolute Gasteiger partial charge is 0.332 e.